The normalized spacial score (nSPS) is 12.2. The number of hydrogen-bond acceptors (Lipinski definition) is 2. The van der Waals surface area contributed by atoms with Gasteiger partial charge in [-0.3, -0.25) is 9.59 Å². The Hall–Kier alpha value is -2.59. The summed E-state index contributed by atoms with van der Waals surface area (Å²) < 4.78 is 2.09. The third-order valence-electron chi connectivity index (χ3n) is 5.59. The smallest absolute Gasteiger partial charge is 0.303 e. The second kappa shape index (κ2) is 9.94. The molecular weight excluding hydrogens is 398 g/mol. The molecule has 3 aromatic rings. The molecule has 0 bridgehead atoms. The maximum atomic E-state index is 13.2. The number of aromatic nitrogens is 1. The Labute approximate surface area is 182 Å². The van der Waals surface area contributed by atoms with Crippen molar-refractivity contribution < 1.29 is 14.7 Å². The molecule has 0 amide bonds. The van der Waals surface area contributed by atoms with E-state index in [1.54, 1.807) is 0 Å². The predicted octanol–water partition coefficient (Wildman–Crippen LogP) is 6.08. The van der Waals surface area contributed by atoms with Gasteiger partial charge in [0.1, 0.15) is 0 Å². The van der Waals surface area contributed by atoms with Gasteiger partial charge in [0.15, 0.2) is 5.78 Å². The number of unbranched alkanes of at least 4 members (excludes halogenated alkanes) is 1. The van der Waals surface area contributed by atoms with Crippen LogP contribution in [0.1, 0.15) is 54.2 Å². The summed E-state index contributed by atoms with van der Waals surface area (Å²) in [7, 11) is 1.99. The number of carboxylic acid groups (broad SMARTS) is 1. The monoisotopic (exact) mass is 425 g/mol. The van der Waals surface area contributed by atoms with E-state index >= 15 is 0 Å². The lowest BCUT2D eigenvalue weighted by atomic mass is 9.94. The summed E-state index contributed by atoms with van der Waals surface area (Å²) in [4.78, 5) is 24.2. The number of rotatable bonds is 10. The third-order valence-corrected chi connectivity index (χ3v) is 5.83. The average molecular weight is 426 g/mol. The van der Waals surface area contributed by atoms with Gasteiger partial charge in [-0.05, 0) is 55.4 Å². The fraction of sp³-hybridized carbons (Fsp3) is 0.360. The average Bonchev–Trinajstić information content (AvgIpc) is 2.96. The van der Waals surface area contributed by atoms with Crippen molar-refractivity contribution in [2.45, 2.75) is 45.4 Å². The molecule has 0 saturated heterocycles. The molecule has 0 aliphatic rings. The third kappa shape index (κ3) is 5.31. The van der Waals surface area contributed by atoms with E-state index in [4.69, 9.17) is 16.7 Å². The standard InChI is InChI=1S/C25H28ClNO3/c1-17(15-24(29)30)14-23(28)25-20-16-19(26)12-13-21(20)27(2)22(25)11-7-6-10-18-8-4-3-5-9-18/h3-5,8-9,12-13,16-17H,6-7,10-11,14-15H2,1-2H3,(H,29,30). The van der Waals surface area contributed by atoms with Crippen LogP contribution in [-0.4, -0.2) is 21.4 Å². The first-order valence-electron chi connectivity index (χ1n) is 10.4. The van der Waals surface area contributed by atoms with E-state index in [9.17, 15) is 9.59 Å². The van der Waals surface area contributed by atoms with E-state index < -0.39 is 5.97 Å². The lowest BCUT2D eigenvalue weighted by Gasteiger charge is -2.11. The Morgan fingerprint density at radius 3 is 2.43 bits per heavy atom. The molecule has 1 unspecified atom stereocenters. The summed E-state index contributed by atoms with van der Waals surface area (Å²) in [6.45, 7) is 1.81. The van der Waals surface area contributed by atoms with Gasteiger partial charge < -0.3 is 9.67 Å². The summed E-state index contributed by atoms with van der Waals surface area (Å²) >= 11 is 6.23. The lowest BCUT2D eigenvalue weighted by Crippen LogP contribution is -2.12. The van der Waals surface area contributed by atoms with Gasteiger partial charge in [-0.25, -0.2) is 0 Å². The minimum absolute atomic E-state index is 0.00493. The van der Waals surface area contributed by atoms with E-state index in [1.807, 2.05) is 38.2 Å². The van der Waals surface area contributed by atoms with Crippen molar-refractivity contribution in [1.82, 2.24) is 4.57 Å². The highest BCUT2D eigenvalue weighted by atomic mass is 35.5. The molecule has 1 N–H and O–H groups in total. The first-order valence-corrected chi connectivity index (χ1v) is 10.8. The van der Waals surface area contributed by atoms with Crippen LogP contribution in [-0.2, 0) is 24.7 Å². The highest BCUT2D eigenvalue weighted by molar-refractivity contribution is 6.31. The van der Waals surface area contributed by atoms with Crippen molar-refractivity contribution in [2.24, 2.45) is 13.0 Å². The molecule has 0 aliphatic heterocycles. The number of benzene rings is 2. The van der Waals surface area contributed by atoms with Gasteiger partial charge >= 0.3 is 5.97 Å². The topological polar surface area (TPSA) is 59.3 Å². The zero-order chi connectivity index (χ0) is 21.7. The summed E-state index contributed by atoms with van der Waals surface area (Å²) in [6.07, 6.45) is 4.02. The zero-order valence-corrected chi connectivity index (χ0v) is 18.3. The molecule has 1 heterocycles. The van der Waals surface area contributed by atoms with Crippen LogP contribution in [0, 0.1) is 5.92 Å². The van der Waals surface area contributed by atoms with Gasteiger partial charge in [-0.2, -0.15) is 0 Å². The van der Waals surface area contributed by atoms with Gasteiger partial charge in [-0.15, -0.1) is 0 Å². The number of carboxylic acids is 1. The summed E-state index contributed by atoms with van der Waals surface area (Å²) in [5.74, 6) is -1.09. The van der Waals surface area contributed by atoms with Gasteiger partial charge in [0, 0.05) is 47.1 Å². The maximum Gasteiger partial charge on any atom is 0.303 e. The van der Waals surface area contributed by atoms with Crippen LogP contribution >= 0.6 is 11.6 Å². The molecule has 0 fully saturated rings. The zero-order valence-electron chi connectivity index (χ0n) is 17.5. The number of carbonyl (C=O) groups excluding carboxylic acids is 1. The molecule has 0 radical (unpaired) electrons. The Kier molecular flexibility index (Phi) is 7.33. The Morgan fingerprint density at radius 2 is 1.73 bits per heavy atom. The summed E-state index contributed by atoms with van der Waals surface area (Å²) in [5, 5.41) is 10.5. The van der Waals surface area contributed by atoms with E-state index in [0.29, 0.717) is 10.6 Å². The highest BCUT2D eigenvalue weighted by Gasteiger charge is 2.23. The molecule has 1 aromatic heterocycles. The molecule has 0 spiro atoms. The van der Waals surface area contributed by atoms with Crippen molar-refractivity contribution >= 4 is 34.3 Å². The largest absolute Gasteiger partial charge is 0.481 e. The number of fused-ring (bicyclic) bond motifs is 1. The molecule has 0 saturated carbocycles. The number of aryl methyl sites for hydroxylation is 2. The number of ketones is 1. The lowest BCUT2D eigenvalue weighted by molar-refractivity contribution is -0.137. The van der Waals surface area contributed by atoms with Crippen LogP contribution in [0.3, 0.4) is 0 Å². The van der Waals surface area contributed by atoms with Crippen LogP contribution in [0.15, 0.2) is 48.5 Å². The first kappa shape index (κ1) is 22.1. The molecule has 3 rings (SSSR count). The van der Waals surface area contributed by atoms with E-state index in [2.05, 4.69) is 28.8 Å². The van der Waals surface area contributed by atoms with Crippen LogP contribution in [0.2, 0.25) is 5.02 Å². The van der Waals surface area contributed by atoms with Crippen molar-refractivity contribution in [3.05, 3.63) is 70.4 Å². The van der Waals surface area contributed by atoms with Gasteiger partial charge in [0.2, 0.25) is 0 Å². The second-order valence-corrected chi connectivity index (χ2v) is 8.50. The Morgan fingerprint density at radius 1 is 1.03 bits per heavy atom. The SMILES string of the molecule is CC(CC(=O)O)CC(=O)c1c(CCCCc2ccccc2)n(C)c2ccc(Cl)cc12. The van der Waals surface area contributed by atoms with Crippen LogP contribution < -0.4 is 0 Å². The van der Waals surface area contributed by atoms with E-state index in [0.717, 1.165) is 42.3 Å². The molecular formula is C25H28ClNO3. The number of nitrogens with zero attached hydrogens (tertiary/aromatic N) is 1. The first-order chi connectivity index (χ1) is 14.4. The fourth-order valence-corrected chi connectivity index (χ4v) is 4.30. The molecule has 1 atom stereocenters. The second-order valence-electron chi connectivity index (χ2n) is 8.07. The molecule has 158 valence electrons. The van der Waals surface area contributed by atoms with E-state index in [1.165, 1.54) is 5.56 Å². The van der Waals surface area contributed by atoms with Gasteiger partial charge in [0.25, 0.3) is 0 Å². The maximum absolute atomic E-state index is 13.2. The van der Waals surface area contributed by atoms with Gasteiger partial charge in [0.05, 0.1) is 0 Å². The van der Waals surface area contributed by atoms with Crippen LogP contribution in [0.4, 0.5) is 0 Å². The number of hydrogen-bond donors (Lipinski definition) is 1. The van der Waals surface area contributed by atoms with Crippen molar-refractivity contribution in [1.29, 1.82) is 0 Å². The Bertz CT molecular complexity index is 1040. The molecule has 5 heteroatoms. The number of halogens is 1. The van der Waals surface area contributed by atoms with Crippen LogP contribution in [0.5, 0.6) is 0 Å². The molecule has 30 heavy (non-hydrogen) atoms. The van der Waals surface area contributed by atoms with Gasteiger partial charge in [-0.1, -0.05) is 48.9 Å². The minimum atomic E-state index is -0.877. The molecule has 4 nitrogen and oxygen atoms in total. The number of carbonyl (C=O) groups is 2. The predicted molar refractivity (Wildman–Crippen MR) is 121 cm³/mol. The van der Waals surface area contributed by atoms with Crippen molar-refractivity contribution in [3.63, 3.8) is 0 Å². The summed E-state index contributed by atoms with van der Waals surface area (Å²) in [5.41, 5.74) is 4.01. The quantitative estimate of drug-likeness (QED) is 0.316. The minimum Gasteiger partial charge on any atom is -0.481 e. The number of aliphatic carboxylic acids is 1. The Balaban J connectivity index is 1.82. The summed E-state index contributed by atoms with van der Waals surface area (Å²) in [6, 6.07) is 16.0. The van der Waals surface area contributed by atoms with Crippen LogP contribution in [0.25, 0.3) is 10.9 Å². The van der Waals surface area contributed by atoms with Crippen molar-refractivity contribution in [3.8, 4) is 0 Å². The number of Topliss-reactive ketones (excluding diaryl/α,β-unsaturated/α-hetero) is 1. The molecule has 2 aromatic carbocycles. The molecule has 0 aliphatic carbocycles. The highest BCUT2D eigenvalue weighted by Crippen LogP contribution is 2.31. The van der Waals surface area contributed by atoms with E-state index in [-0.39, 0.29) is 24.5 Å². The fourth-order valence-electron chi connectivity index (χ4n) is 4.13. The van der Waals surface area contributed by atoms with Crippen molar-refractivity contribution in [2.75, 3.05) is 0 Å².